The highest BCUT2D eigenvalue weighted by Crippen LogP contribution is 2.40. The second-order valence-electron chi connectivity index (χ2n) is 6.82. The molecule has 0 bridgehead atoms. The summed E-state index contributed by atoms with van der Waals surface area (Å²) >= 11 is 0. The predicted octanol–water partition coefficient (Wildman–Crippen LogP) is 3.96. The van der Waals surface area contributed by atoms with Gasteiger partial charge in [0, 0.05) is 24.8 Å². The first-order valence-corrected chi connectivity index (χ1v) is 9.59. The van der Waals surface area contributed by atoms with Gasteiger partial charge in [0.05, 0.1) is 22.8 Å². The van der Waals surface area contributed by atoms with Crippen molar-refractivity contribution in [3.63, 3.8) is 0 Å². The van der Waals surface area contributed by atoms with Crippen LogP contribution >= 0.6 is 0 Å². The number of nitrogens with zero attached hydrogens (tertiary/aromatic N) is 3. The fourth-order valence-electron chi connectivity index (χ4n) is 3.60. The van der Waals surface area contributed by atoms with Crippen LogP contribution in [-0.4, -0.2) is 34.3 Å². The second-order valence-corrected chi connectivity index (χ2v) is 6.82. The third-order valence-electron chi connectivity index (χ3n) is 4.90. The molecule has 1 aliphatic heterocycles. The smallest absolute Gasteiger partial charge is 0.338 e. The van der Waals surface area contributed by atoms with Gasteiger partial charge in [-0.25, -0.2) is 9.59 Å². The number of imide groups is 1. The Hall–Kier alpha value is -4.01. The highest BCUT2D eigenvalue weighted by atomic mass is 16.6. The van der Waals surface area contributed by atoms with E-state index in [0.29, 0.717) is 5.69 Å². The Morgan fingerprint density at radius 2 is 1.81 bits per heavy atom. The molecular weight excluding hydrogens is 402 g/mol. The Morgan fingerprint density at radius 1 is 1.13 bits per heavy atom. The number of nitro benzene ring substituents is 1. The van der Waals surface area contributed by atoms with E-state index in [1.165, 1.54) is 36.1 Å². The topological polar surface area (TPSA) is 110 Å². The molecule has 9 nitrogen and oxygen atoms in total. The highest BCUT2D eigenvalue weighted by molar-refractivity contribution is 6.09. The first kappa shape index (κ1) is 21.7. The van der Waals surface area contributed by atoms with Gasteiger partial charge in [0.25, 0.3) is 5.69 Å². The summed E-state index contributed by atoms with van der Waals surface area (Å²) in [6.45, 7) is 4.51. The van der Waals surface area contributed by atoms with E-state index < -0.39 is 28.9 Å². The van der Waals surface area contributed by atoms with Crippen molar-refractivity contribution in [3.05, 3.63) is 81.5 Å². The summed E-state index contributed by atoms with van der Waals surface area (Å²) in [6, 6.07) is 12.3. The minimum atomic E-state index is -1.16. The molecule has 1 heterocycles. The number of rotatable bonds is 5. The first-order chi connectivity index (χ1) is 14.8. The SMILES string of the molecule is CCOC(=O)C1=C(C)N(c2ccccc2)C(=O)N(C(C)=O)C1c1cccc([N+](=O)[O-])c1. The molecule has 0 fully saturated rings. The average Bonchev–Trinajstić information content (AvgIpc) is 2.74. The van der Waals surface area contributed by atoms with Crippen LogP contribution in [0.15, 0.2) is 65.9 Å². The number of non-ortho nitro benzene ring substituents is 1. The Kier molecular flexibility index (Phi) is 6.15. The number of urea groups is 1. The molecule has 0 saturated heterocycles. The van der Waals surface area contributed by atoms with Gasteiger partial charge in [0.1, 0.15) is 6.04 Å². The van der Waals surface area contributed by atoms with Gasteiger partial charge in [-0.05, 0) is 31.5 Å². The van der Waals surface area contributed by atoms with Gasteiger partial charge in [0.2, 0.25) is 5.91 Å². The molecule has 0 spiro atoms. The number of carbonyl (C=O) groups is 3. The van der Waals surface area contributed by atoms with E-state index in [0.717, 1.165) is 4.90 Å². The quantitative estimate of drug-likeness (QED) is 0.409. The number of amides is 3. The van der Waals surface area contributed by atoms with Crippen molar-refractivity contribution in [1.29, 1.82) is 0 Å². The molecule has 1 aliphatic rings. The van der Waals surface area contributed by atoms with Crippen molar-refractivity contribution in [2.45, 2.75) is 26.8 Å². The van der Waals surface area contributed by atoms with Crippen LogP contribution in [0.3, 0.4) is 0 Å². The number of nitro groups is 1. The molecule has 0 N–H and O–H groups in total. The van der Waals surface area contributed by atoms with E-state index in [-0.39, 0.29) is 29.1 Å². The summed E-state index contributed by atoms with van der Waals surface area (Å²) in [4.78, 5) is 51.9. The lowest BCUT2D eigenvalue weighted by atomic mass is 9.92. The van der Waals surface area contributed by atoms with Crippen molar-refractivity contribution in [2.75, 3.05) is 11.5 Å². The maximum Gasteiger partial charge on any atom is 0.338 e. The molecule has 1 atom stereocenters. The summed E-state index contributed by atoms with van der Waals surface area (Å²) < 4.78 is 5.22. The summed E-state index contributed by atoms with van der Waals surface area (Å²) in [5.41, 5.74) is 0.841. The van der Waals surface area contributed by atoms with E-state index in [9.17, 15) is 24.5 Å². The second kappa shape index (κ2) is 8.78. The third-order valence-corrected chi connectivity index (χ3v) is 4.90. The van der Waals surface area contributed by atoms with Gasteiger partial charge < -0.3 is 4.74 Å². The molecule has 9 heteroatoms. The van der Waals surface area contributed by atoms with Crippen molar-refractivity contribution in [1.82, 2.24) is 4.90 Å². The van der Waals surface area contributed by atoms with E-state index in [1.807, 2.05) is 0 Å². The van der Waals surface area contributed by atoms with Crippen LogP contribution < -0.4 is 4.90 Å². The number of hydrogen-bond donors (Lipinski definition) is 0. The number of hydrogen-bond acceptors (Lipinski definition) is 6. The number of anilines is 1. The molecule has 160 valence electrons. The van der Waals surface area contributed by atoms with Crippen molar-refractivity contribution in [3.8, 4) is 0 Å². The van der Waals surface area contributed by atoms with Crippen LogP contribution in [0.5, 0.6) is 0 Å². The van der Waals surface area contributed by atoms with Crippen LogP contribution in [0.2, 0.25) is 0 Å². The molecule has 2 aromatic rings. The summed E-state index contributed by atoms with van der Waals surface area (Å²) in [5, 5.41) is 11.3. The largest absolute Gasteiger partial charge is 0.463 e. The van der Waals surface area contributed by atoms with Crippen molar-refractivity contribution < 1.29 is 24.0 Å². The van der Waals surface area contributed by atoms with Gasteiger partial charge in [-0.2, -0.15) is 0 Å². The standard InChI is InChI=1S/C22H21N3O6/c1-4-31-21(27)19-14(2)23(17-10-6-5-7-11-17)22(28)24(15(3)26)20(19)16-9-8-12-18(13-16)25(29)30/h5-13,20H,4H2,1-3H3. The molecule has 0 aromatic heterocycles. The molecular formula is C22H21N3O6. The monoisotopic (exact) mass is 423 g/mol. The van der Waals surface area contributed by atoms with Gasteiger partial charge in [-0.1, -0.05) is 30.3 Å². The van der Waals surface area contributed by atoms with Crippen LogP contribution in [-0.2, 0) is 14.3 Å². The molecule has 3 amide bonds. The van der Waals surface area contributed by atoms with Crippen LogP contribution in [0.25, 0.3) is 0 Å². The molecule has 1 unspecified atom stereocenters. The van der Waals surface area contributed by atoms with Crippen molar-refractivity contribution in [2.24, 2.45) is 0 Å². The number of esters is 1. The molecule has 31 heavy (non-hydrogen) atoms. The Bertz CT molecular complexity index is 1080. The molecule has 3 rings (SSSR count). The molecule has 2 aromatic carbocycles. The first-order valence-electron chi connectivity index (χ1n) is 9.59. The van der Waals surface area contributed by atoms with Crippen molar-refractivity contribution >= 4 is 29.3 Å². The number of carbonyl (C=O) groups excluding carboxylic acids is 3. The third kappa shape index (κ3) is 4.02. The maximum atomic E-state index is 13.4. The van der Waals surface area contributed by atoms with Gasteiger partial charge in [0.15, 0.2) is 0 Å². The fraction of sp³-hybridized carbons (Fsp3) is 0.227. The Balaban J connectivity index is 2.30. The number of benzene rings is 2. The zero-order chi connectivity index (χ0) is 22.7. The van der Waals surface area contributed by atoms with Crippen LogP contribution in [0.4, 0.5) is 16.2 Å². The minimum absolute atomic E-state index is 0.0565. The van der Waals surface area contributed by atoms with Gasteiger partial charge in [-0.3, -0.25) is 24.7 Å². The molecule has 0 saturated carbocycles. The minimum Gasteiger partial charge on any atom is -0.463 e. The van der Waals surface area contributed by atoms with E-state index in [1.54, 1.807) is 44.2 Å². The number of allylic oxidation sites excluding steroid dienone is 1. The lowest BCUT2D eigenvalue weighted by molar-refractivity contribution is -0.384. The average molecular weight is 423 g/mol. The van der Waals surface area contributed by atoms with E-state index in [4.69, 9.17) is 4.74 Å². The van der Waals surface area contributed by atoms with Gasteiger partial charge in [-0.15, -0.1) is 0 Å². The Morgan fingerprint density at radius 3 is 2.39 bits per heavy atom. The summed E-state index contributed by atoms with van der Waals surface area (Å²) in [5.74, 6) is -1.33. The number of para-hydroxylation sites is 1. The fourth-order valence-corrected chi connectivity index (χ4v) is 3.60. The highest BCUT2D eigenvalue weighted by Gasteiger charge is 2.45. The van der Waals surface area contributed by atoms with E-state index in [2.05, 4.69) is 0 Å². The predicted molar refractivity (Wildman–Crippen MR) is 112 cm³/mol. The van der Waals surface area contributed by atoms with Crippen LogP contribution in [0, 0.1) is 10.1 Å². The van der Waals surface area contributed by atoms with Gasteiger partial charge >= 0.3 is 12.0 Å². The zero-order valence-electron chi connectivity index (χ0n) is 17.3. The summed E-state index contributed by atoms with van der Waals surface area (Å²) in [6.07, 6.45) is 0. The normalized spacial score (nSPS) is 16.4. The maximum absolute atomic E-state index is 13.4. The number of ether oxygens (including phenoxy) is 1. The lowest BCUT2D eigenvalue weighted by Gasteiger charge is -2.41. The lowest BCUT2D eigenvalue weighted by Crippen LogP contribution is -2.52. The van der Waals surface area contributed by atoms with E-state index >= 15 is 0 Å². The van der Waals surface area contributed by atoms with Crippen LogP contribution in [0.1, 0.15) is 32.4 Å². The summed E-state index contributed by atoms with van der Waals surface area (Å²) in [7, 11) is 0. The zero-order valence-corrected chi connectivity index (χ0v) is 17.3. The molecule has 0 aliphatic carbocycles. The molecule has 0 radical (unpaired) electrons. The Labute approximate surface area is 178 Å².